The number of nitrogens with one attached hydrogen (secondary N) is 1. The summed E-state index contributed by atoms with van der Waals surface area (Å²) in [5.41, 5.74) is 2.79. The Labute approximate surface area is 181 Å². The molecule has 0 saturated carbocycles. The first-order valence-electron chi connectivity index (χ1n) is 10.5. The minimum absolute atomic E-state index is 0.000678. The fourth-order valence-electron chi connectivity index (χ4n) is 3.83. The molecule has 1 aliphatic rings. The lowest BCUT2D eigenvalue weighted by Crippen LogP contribution is -2.39. The smallest absolute Gasteiger partial charge is 0.254 e. The predicted molar refractivity (Wildman–Crippen MR) is 116 cm³/mol. The molecule has 0 aliphatic carbocycles. The minimum Gasteiger partial charge on any atom is -0.348 e. The molecule has 3 heterocycles. The van der Waals surface area contributed by atoms with Crippen molar-refractivity contribution in [2.45, 2.75) is 32.2 Å². The number of rotatable bonds is 5. The van der Waals surface area contributed by atoms with E-state index in [1.165, 1.54) is 0 Å². The van der Waals surface area contributed by atoms with Crippen LogP contribution in [0.1, 0.15) is 56.6 Å². The number of aromatic nitrogens is 3. The van der Waals surface area contributed by atoms with Crippen molar-refractivity contribution in [3.05, 3.63) is 89.3 Å². The molecule has 0 bridgehead atoms. The quantitative estimate of drug-likeness (QED) is 0.692. The lowest BCUT2D eigenvalue weighted by atomic mass is 9.96. The number of hydrogen-bond donors (Lipinski definition) is 1. The van der Waals surface area contributed by atoms with E-state index in [0.717, 1.165) is 24.9 Å². The zero-order chi connectivity index (χ0) is 21.6. The number of hydrogen-bond acceptors (Lipinski definition) is 5. The molecule has 7 nitrogen and oxygen atoms in total. The van der Waals surface area contributed by atoms with Crippen molar-refractivity contribution >= 4 is 11.8 Å². The van der Waals surface area contributed by atoms with Gasteiger partial charge in [-0.05, 0) is 37.5 Å². The number of carbonyl (C=O) groups is 2. The maximum Gasteiger partial charge on any atom is 0.254 e. The van der Waals surface area contributed by atoms with E-state index < -0.39 is 0 Å². The van der Waals surface area contributed by atoms with Gasteiger partial charge in [-0.3, -0.25) is 14.6 Å². The highest BCUT2D eigenvalue weighted by Gasteiger charge is 2.27. The van der Waals surface area contributed by atoms with E-state index in [1.54, 1.807) is 30.7 Å². The monoisotopic (exact) mass is 415 g/mol. The summed E-state index contributed by atoms with van der Waals surface area (Å²) in [7, 11) is 0. The van der Waals surface area contributed by atoms with Gasteiger partial charge in [0.15, 0.2) is 0 Å². The highest BCUT2D eigenvalue weighted by Crippen LogP contribution is 2.26. The van der Waals surface area contributed by atoms with E-state index in [0.29, 0.717) is 35.7 Å². The average molecular weight is 415 g/mol. The minimum atomic E-state index is -0.189. The predicted octanol–water partition coefficient (Wildman–Crippen LogP) is 3.13. The van der Waals surface area contributed by atoms with Crippen LogP contribution >= 0.6 is 0 Å². The van der Waals surface area contributed by atoms with Crippen LogP contribution in [0.3, 0.4) is 0 Å². The average Bonchev–Trinajstić information content (AvgIpc) is 2.83. The van der Waals surface area contributed by atoms with Gasteiger partial charge >= 0.3 is 0 Å². The first-order chi connectivity index (χ1) is 15.1. The Balaban J connectivity index is 1.42. The first kappa shape index (κ1) is 20.7. The number of benzene rings is 1. The van der Waals surface area contributed by atoms with Crippen LogP contribution in [0.2, 0.25) is 0 Å². The summed E-state index contributed by atoms with van der Waals surface area (Å²) in [6.07, 6.45) is 6.66. The van der Waals surface area contributed by atoms with E-state index in [9.17, 15) is 9.59 Å². The van der Waals surface area contributed by atoms with E-state index in [4.69, 9.17) is 0 Å². The Bertz CT molecular complexity index is 1060. The molecule has 0 radical (unpaired) electrons. The van der Waals surface area contributed by atoms with Crippen LogP contribution in [0.5, 0.6) is 0 Å². The van der Waals surface area contributed by atoms with Crippen molar-refractivity contribution in [3.63, 3.8) is 0 Å². The van der Waals surface area contributed by atoms with Gasteiger partial charge in [-0.2, -0.15) is 0 Å². The van der Waals surface area contributed by atoms with Crippen LogP contribution in [-0.2, 0) is 6.54 Å². The van der Waals surface area contributed by atoms with Gasteiger partial charge in [0.1, 0.15) is 5.82 Å². The van der Waals surface area contributed by atoms with Crippen molar-refractivity contribution in [1.29, 1.82) is 0 Å². The molecular formula is C24H25N5O2. The SMILES string of the molecule is Cc1nc(C2CCCN(C(=O)c3ccncc3)C2)ncc1C(=O)NCc1ccccc1. The number of carbonyl (C=O) groups excluding carboxylic acids is 2. The largest absolute Gasteiger partial charge is 0.348 e. The van der Waals surface area contributed by atoms with Crippen molar-refractivity contribution in [2.24, 2.45) is 0 Å². The van der Waals surface area contributed by atoms with Gasteiger partial charge in [0, 0.05) is 49.7 Å². The van der Waals surface area contributed by atoms with Crippen LogP contribution < -0.4 is 5.32 Å². The number of nitrogens with zero attached hydrogens (tertiary/aromatic N) is 4. The van der Waals surface area contributed by atoms with Gasteiger partial charge < -0.3 is 10.2 Å². The maximum absolute atomic E-state index is 12.8. The molecule has 3 aromatic rings. The second-order valence-corrected chi connectivity index (χ2v) is 7.72. The molecule has 7 heteroatoms. The number of amides is 2. The van der Waals surface area contributed by atoms with E-state index in [1.807, 2.05) is 42.2 Å². The summed E-state index contributed by atoms with van der Waals surface area (Å²) in [5, 5.41) is 2.92. The molecule has 158 valence electrons. The summed E-state index contributed by atoms with van der Waals surface area (Å²) < 4.78 is 0. The van der Waals surface area contributed by atoms with Crippen LogP contribution in [0, 0.1) is 6.92 Å². The molecule has 1 fully saturated rings. The Hall–Kier alpha value is -3.61. The first-order valence-corrected chi connectivity index (χ1v) is 10.5. The molecular weight excluding hydrogens is 390 g/mol. The number of piperidine rings is 1. The fraction of sp³-hybridized carbons (Fsp3) is 0.292. The van der Waals surface area contributed by atoms with Crippen molar-refractivity contribution in [3.8, 4) is 0 Å². The molecule has 1 saturated heterocycles. The van der Waals surface area contributed by atoms with Gasteiger partial charge in [0.05, 0.1) is 11.3 Å². The third-order valence-electron chi connectivity index (χ3n) is 5.54. The van der Waals surface area contributed by atoms with E-state index in [2.05, 4.69) is 20.3 Å². The zero-order valence-corrected chi connectivity index (χ0v) is 17.5. The Kier molecular flexibility index (Phi) is 6.31. The van der Waals surface area contributed by atoms with Crippen LogP contribution in [0.15, 0.2) is 61.1 Å². The molecule has 2 amide bonds. The molecule has 31 heavy (non-hydrogen) atoms. The van der Waals surface area contributed by atoms with Gasteiger partial charge in [0.25, 0.3) is 11.8 Å². The third kappa shape index (κ3) is 4.94. The zero-order valence-electron chi connectivity index (χ0n) is 17.5. The van der Waals surface area contributed by atoms with E-state index >= 15 is 0 Å². The van der Waals surface area contributed by atoms with Gasteiger partial charge in [0.2, 0.25) is 0 Å². The number of likely N-dealkylation sites (tertiary alicyclic amines) is 1. The molecule has 1 atom stereocenters. The summed E-state index contributed by atoms with van der Waals surface area (Å²) in [6, 6.07) is 13.2. The van der Waals surface area contributed by atoms with Crippen molar-refractivity contribution in [2.75, 3.05) is 13.1 Å². The molecule has 4 rings (SSSR count). The number of aryl methyl sites for hydroxylation is 1. The fourth-order valence-corrected chi connectivity index (χ4v) is 3.83. The van der Waals surface area contributed by atoms with Gasteiger partial charge in [-0.1, -0.05) is 30.3 Å². The summed E-state index contributed by atoms with van der Waals surface area (Å²) >= 11 is 0. The lowest BCUT2D eigenvalue weighted by molar-refractivity contribution is 0.0704. The lowest BCUT2D eigenvalue weighted by Gasteiger charge is -2.32. The second-order valence-electron chi connectivity index (χ2n) is 7.72. The Morgan fingerprint density at radius 3 is 2.65 bits per heavy atom. The molecule has 0 spiro atoms. The summed E-state index contributed by atoms with van der Waals surface area (Å²) in [4.78, 5) is 40.3. The Morgan fingerprint density at radius 2 is 1.90 bits per heavy atom. The standard InChI is InChI=1S/C24H25N5O2/c1-17-21(23(30)27-14-18-6-3-2-4-7-18)15-26-22(28-17)20-8-5-13-29(16-20)24(31)19-9-11-25-12-10-19/h2-4,6-7,9-12,15,20H,5,8,13-14,16H2,1H3,(H,27,30). The second kappa shape index (κ2) is 9.47. The third-order valence-corrected chi connectivity index (χ3v) is 5.54. The maximum atomic E-state index is 12.8. The highest BCUT2D eigenvalue weighted by atomic mass is 16.2. The van der Waals surface area contributed by atoms with Crippen LogP contribution in [0.25, 0.3) is 0 Å². The molecule has 1 aliphatic heterocycles. The van der Waals surface area contributed by atoms with Crippen molar-refractivity contribution in [1.82, 2.24) is 25.2 Å². The normalized spacial score (nSPS) is 16.0. The molecule has 1 N–H and O–H groups in total. The van der Waals surface area contributed by atoms with Gasteiger partial charge in [-0.15, -0.1) is 0 Å². The highest BCUT2D eigenvalue weighted by molar-refractivity contribution is 5.95. The van der Waals surface area contributed by atoms with E-state index in [-0.39, 0.29) is 17.7 Å². The topological polar surface area (TPSA) is 88.1 Å². The molecule has 1 aromatic carbocycles. The van der Waals surface area contributed by atoms with Crippen LogP contribution in [-0.4, -0.2) is 44.8 Å². The Morgan fingerprint density at radius 1 is 1.13 bits per heavy atom. The number of pyridine rings is 1. The van der Waals surface area contributed by atoms with Gasteiger partial charge in [-0.25, -0.2) is 9.97 Å². The van der Waals surface area contributed by atoms with Crippen molar-refractivity contribution < 1.29 is 9.59 Å². The van der Waals surface area contributed by atoms with Crippen LogP contribution in [0.4, 0.5) is 0 Å². The molecule has 2 aromatic heterocycles. The summed E-state index contributed by atoms with van der Waals surface area (Å²) in [5.74, 6) is 0.552. The molecule has 1 unspecified atom stereocenters. The summed E-state index contributed by atoms with van der Waals surface area (Å²) in [6.45, 7) is 3.57.